The van der Waals surface area contributed by atoms with E-state index in [-0.39, 0.29) is 11.5 Å². The Morgan fingerprint density at radius 3 is 2.77 bits per heavy atom. The molecular weight excluding hydrogens is 346 g/mol. The first-order valence-electron chi connectivity index (χ1n) is 9.77. The number of hydrogen-bond acceptors (Lipinski definition) is 3. The molecule has 6 atom stereocenters. The highest BCUT2D eigenvalue weighted by Gasteiger charge is 2.56. The summed E-state index contributed by atoms with van der Waals surface area (Å²) < 4.78 is 20.4. The van der Waals surface area contributed by atoms with Crippen LogP contribution in [0.4, 0.5) is 0 Å². The van der Waals surface area contributed by atoms with Crippen molar-refractivity contribution in [2.24, 2.45) is 17.3 Å². The zero-order valence-corrected chi connectivity index (χ0v) is 16.9. The molecule has 3 aliphatic rings. The van der Waals surface area contributed by atoms with E-state index in [0.717, 1.165) is 32.1 Å². The van der Waals surface area contributed by atoms with Crippen molar-refractivity contribution in [3.63, 3.8) is 0 Å². The average molecular weight is 378 g/mol. The summed E-state index contributed by atoms with van der Waals surface area (Å²) in [5.74, 6) is 6.08. The van der Waals surface area contributed by atoms with Gasteiger partial charge in [-0.2, -0.15) is 0 Å². The summed E-state index contributed by atoms with van der Waals surface area (Å²) in [6, 6.07) is 5.93. The van der Waals surface area contributed by atoms with Crippen LogP contribution in [0.15, 0.2) is 18.2 Å². The fourth-order valence-electron chi connectivity index (χ4n) is 5.95. The predicted molar refractivity (Wildman–Crippen MR) is 107 cm³/mol. The van der Waals surface area contributed by atoms with E-state index in [1.807, 2.05) is 12.1 Å². The largest absolute Gasteiger partial charge is 0.508 e. The van der Waals surface area contributed by atoms with Crippen molar-refractivity contribution in [1.82, 2.24) is 4.31 Å². The number of hydrogen-bond donors (Lipinski definition) is 1. The maximum atomic E-state index is 12.7. The van der Waals surface area contributed by atoms with Crippen LogP contribution >= 0.6 is 0 Å². The maximum Gasteiger partial charge on any atom is 0.143 e. The van der Waals surface area contributed by atoms with Gasteiger partial charge in [0, 0.05) is 14.1 Å². The Kier molecular flexibility index (Phi) is 4.41. The number of benzene rings is 1. The zero-order valence-electron chi connectivity index (χ0n) is 16.1. The van der Waals surface area contributed by atoms with Crippen LogP contribution in [0.5, 0.6) is 5.75 Å². The van der Waals surface area contributed by atoms with Crippen LogP contribution in [-0.2, 0) is 20.6 Å². The van der Waals surface area contributed by atoms with E-state index in [0.29, 0.717) is 23.5 Å². The molecule has 144 valence electrons. The fraction of sp³-hybridized carbons (Fsp3) is 0.667. The van der Waals surface area contributed by atoms with E-state index in [1.165, 1.54) is 17.5 Å². The molecule has 0 heterocycles. The minimum atomic E-state index is -2.65. The van der Waals surface area contributed by atoms with Gasteiger partial charge in [-0.05, 0) is 90.8 Å². The van der Waals surface area contributed by atoms with Crippen LogP contribution < -0.4 is 0 Å². The first-order chi connectivity index (χ1) is 12.2. The van der Waals surface area contributed by atoms with Gasteiger partial charge in [-0.15, -0.1) is 0 Å². The van der Waals surface area contributed by atoms with Crippen molar-refractivity contribution in [2.75, 3.05) is 14.1 Å². The van der Waals surface area contributed by atoms with Gasteiger partial charge in [-0.3, -0.25) is 4.18 Å². The Morgan fingerprint density at radius 2 is 2.04 bits per heavy atom. The lowest BCUT2D eigenvalue weighted by Crippen LogP contribution is -2.46. The monoisotopic (exact) mass is 377 g/mol. The first-order valence-corrected chi connectivity index (χ1v) is 11.4. The van der Waals surface area contributed by atoms with Gasteiger partial charge in [0.15, 0.2) is 0 Å². The van der Waals surface area contributed by atoms with E-state index < -0.39 is 9.99 Å². The molecule has 0 aliphatic heterocycles. The molecule has 0 radical (unpaired) electrons. The normalized spacial score (nSPS) is 38.3. The molecule has 2 saturated carbocycles. The molecule has 3 aliphatic carbocycles. The van der Waals surface area contributed by atoms with Gasteiger partial charge in [0.2, 0.25) is 0 Å². The van der Waals surface area contributed by atoms with Crippen molar-refractivity contribution in [3.8, 4) is 5.75 Å². The number of aryl methyl sites for hydroxylation is 1. The van der Waals surface area contributed by atoms with Gasteiger partial charge >= 0.3 is 0 Å². The lowest BCUT2D eigenvalue weighted by molar-refractivity contribution is -0.00765. The third-order valence-corrected chi connectivity index (χ3v) is 9.09. The average Bonchev–Trinajstić information content (AvgIpc) is 2.90. The molecule has 0 spiro atoms. The molecule has 5 heteroatoms. The van der Waals surface area contributed by atoms with Gasteiger partial charge < -0.3 is 5.11 Å². The molecule has 0 aromatic heterocycles. The van der Waals surface area contributed by atoms with Crippen molar-refractivity contribution < 1.29 is 13.5 Å². The van der Waals surface area contributed by atoms with Crippen LogP contribution in [0.3, 0.4) is 0 Å². The maximum absolute atomic E-state index is 12.7. The molecule has 1 aromatic carbocycles. The van der Waals surface area contributed by atoms with E-state index in [4.69, 9.17) is 4.18 Å². The van der Waals surface area contributed by atoms with Crippen LogP contribution in [-0.4, -0.2) is 39.7 Å². The number of aromatic hydroxyl groups is 1. The first kappa shape index (κ1) is 18.3. The quantitative estimate of drug-likeness (QED) is 0.817. The van der Waals surface area contributed by atoms with E-state index >= 15 is 0 Å². The van der Waals surface area contributed by atoms with E-state index in [9.17, 15) is 9.32 Å². The standard InChI is InChI=1S/C21H31NO3S/c1-21-12-11-17-16-8-6-15(23)13-14(16)5-7-18(17)19(21)9-10-20(21)25-26(4,24)22(2)3/h6,8,13,17-20,23H,4-5,7,9-12H2,1-3H3/t17?,18?,19?,20-,21-,26?/m0/s1. The van der Waals surface area contributed by atoms with Gasteiger partial charge in [0.05, 0.1) is 6.10 Å². The molecule has 4 rings (SSSR count). The van der Waals surface area contributed by atoms with Crippen LogP contribution in [0.1, 0.15) is 56.1 Å². The Morgan fingerprint density at radius 1 is 1.27 bits per heavy atom. The molecule has 0 saturated heterocycles. The summed E-state index contributed by atoms with van der Waals surface area (Å²) in [7, 11) is 0.897. The summed E-state index contributed by atoms with van der Waals surface area (Å²) in [5.41, 5.74) is 2.86. The lowest BCUT2D eigenvalue weighted by Gasteiger charge is -2.50. The van der Waals surface area contributed by atoms with Gasteiger partial charge in [-0.1, -0.05) is 13.0 Å². The second-order valence-corrected chi connectivity index (χ2v) is 11.0. The number of rotatable bonds is 3. The summed E-state index contributed by atoms with van der Waals surface area (Å²) >= 11 is 0. The summed E-state index contributed by atoms with van der Waals surface area (Å²) in [4.78, 5) is 0. The number of phenolic OH excluding ortho intramolecular Hbond substituents is 1. The lowest BCUT2D eigenvalue weighted by atomic mass is 9.55. The minimum absolute atomic E-state index is 0.0297. The molecule has 0 bridgehead atoms. The third-order valence-electron chi connectivity index (χ3n) is 7.45. The number of fused-ring (bicyclic) bond motifs is 5. The zero-order chi connectivity index (χ0) is 18.7. The van der Waals surface area contributed by atoms with Crippen molar-refractivity contribution in [2.45, 2.75) is 57.5 Å². The second-order valence-electron chi connectivity index (χ2n) is 8.90. The Bertz CT molecular complexity index is 803. The summed E-state index contributed by atoms with van der Waals surface area (Å²) in [6.07, 6.45) is 6.64. The molecule has 1 N–H and O–H groups in total. The molecule has 4 nitrogen and oxygen atoms in total. The topological polar surface area (TPSA) is 49.8 Å². The molecule has 26 heavy (non-hydrogen) atoms. The van der Waals surface area contributed by atoms with E-state index in [2.05, 4.69) is 18.9 Å². The minimum Gasteiger partial charge on any atom is -0.508 e. The summed E-state index contributed by atoms with van der Waals surface area (Å²) in [5, 5.41) is 9.81. The highest BCUT2D eigenvalue weighted by molar-refractivity contribution is 7.93. The predicted octanol–water partition coefficient (Wildman–Crippen LogP) is 3.74. The smallest absolute Gasteiger partial charge is 0.143 e. The fourth-order valence-corrected chi connectivity index (χ4v) is 6.80. The Hall–Kier alpha value is -1.04. The van der Waals surface area contributed by atoms with Crippen molar-refractivity contribution in [3.05, 3.63) is 29.3 Å². The van der Waals surface area contributed by atoms with E-state index in [1.54, 1.807) is 18.4 Å². The molecule has 0 amide bonds. The van der Waals surface area contributed by atoms with Gasteiger partial charge in [0.25, 0.3) is 0 Å². The number of phenols is 1. The summed E-state index contributed by atoms with van der Waals surface area (Å²) in [6.45, 7) is 2.35. The highest BCUT2D eigenvalue weighted by atomic mass is 32.2. The van der Waals surface area contributed by atoms with Crippen LogP contribution in [0, 0.1) is 17.3 Å². The van der Waals surface area contributed by atoms with Crippen molar-refractivity contribution >= 4 is 15.9 Å². The molecule has 4 unspecified atom stereocenters. The Labute approximate surface area is 157 Å². The SMILES string of the molecule is C=S(=O)(O[C@H]1CCC2C3CCc4cc(O)ccc4C3CC[C@@]21C)N(C)C. The second kappa shape index (κ2) is 6.25. The molecule has 2 fully saturated rings. The molecule has 1 aromatic rings. The van der Waals surface area contributed by atoms with Crippen molar-refractivity contribution in [1.29, 1.82) is 0 Å². The molecular formula is C21H31NO3S. The number of nitrogens with zero attached hydrogens (tertiary/aromatic N) is 1. The highest BCUT2D eigenvalue weighted by Crippen LogP contribution is 2.61. The Balaban J connectivity index is 1.60. The van der Waals surface area contributed by atoms with Gasteiger partial charge in [0.1, 0.15) is 15.7 Å². The van der Waals surface area contributed by atoms with Crippen LogP contribution in [0.2, 0.25) is 0 Å². The van der Waals surface area contributed by atoms with Crippen LogP contribution in [0.25, 0.3) is 0 Å². The van der Waals surface area contributed by atoms with Gasteiger partial charge in [-0.25, -0.2) is 8.51 Å². The third kappa shape index (κ3) is 2.79.